The van der Waals surface area contributed by atoms with Gasteiger partial charge >= 0.3 is 0 Å². The van der Waals surface area contributed by atoms with E-state index < -0.39 is 5.91 Å². The number of unbranched alkanes of at least 4 members (excludes halogenated alkanes) is 1. The molecule has 4 rings (SSSR count). The Morgan fingerprint density at radius 1 is 1.08 bits per heavy atom. The topological polar surface area (TPSA) is 106 Å². The monoisotopic (exact) mass is 542 g/mol. The van der Waals surface area contributed by atoms with Crippen molar-refractivity contribution in [3.63, 3.8) is 0 Å². The number of hydrogen-bond donors (Lipinski definition) is 1. The average Bonchev–Trinajstić information content (AvgIpc) is 3.31. The Balaban J connectivity index is 1.47. The van der Waals surface area contributed by atoms with E-state index in [9.17, 15) is 4.79 Å². The number of amidine groups is 2. The van der Waals surface area contributed by atoms with Crippen LogP contribution in [0.2, 0.25) is 5.02 Å². The van der Waals surface area contributed by atoms with Crippen molar-refractivity contribution in [2.24, 2.45) is 10.1 Å². The SMILES string of the molecule is CCCCC1=NN2C(=N)C(=Cc3cc(Cl)c(OCCOc4ccccc4OC)c(OC)c3)C(=O)N=C2S1. The summed E-state index contributed by atoms with van der Waals surface area (Å²) in [4.78, 5) is 16.8. The molecule has 0 radical (unpaired) electrons. The largest absolute Gasteiger partial charge is 0.493 e. The number of amides is 1. The minimum atomic E-state index is -0.500. The normalized spacial score (nSPS) is 15.9. The maximum absolute atomic E-state index is 12.7. The Hall–Kier alpha value is -3.50. The van der Waals surface area contributed by atoms with Crippen LogP contribution in [0.25, 0.3) is 6.08 Å². The molecule has 9 nitrogen and oxygen atoms in total. The third-order valence-electron chi connectivity index (χ3n) is 5.46. The summed E-state index contributed by atoms with van der Waals surface area (Å²) in [6.45, 7) is 2.57. The molecule has 37 heavy (non-hydrogen) atoms. The van der Waals surface area contributed by atoms with E-state index in [1.807, 2.05) is 24.3 Å². The van der Waals surface area contributed by atoms with E-state index in [1.54, 1.807) is 25.3 Å². The number of rotatable bonds is 11. The highest BCUT2D eigenvalue weighted by molar-refractivity contribution is 8.26. The zero-order chi connectivity index (χ0) is 26.4. The number of nitrogens with zero attached hydrogens (tertiary/aromatic N) is 3. The fourth-order valence-electron chi connectivity index (χ4n) is 3.62. The highest BCUT2D eigenvalue weighted by Gasteiger charge is 2.35. The number of carbonyl (C=O) groups excluding carboxylic acids is 1. The quantitative estimate of drug-likeness (QED) is 0.290. The van der Waals surface area contributed by atoms with Gasteiger partial charge in [-0.2, -0.15) is 15.1 Å². The number of nitrogens with one attached hydrogen (secondary N) is 1. The zero-order valence-electron chi connectivity index (χ0n) is 20.7. The van der Waals surface area contributed by atoms with E-state index in [0.29, 0.717) is 38.8 Å². The molecule has 0 saturated heterocycles. The number of carbonyl (C=O) groups is 1. The molecule has 0 atom stereocenters. The summed E-state index contributed by atoms with van der Waals surface area (Å²) in [6.07, 6.45) is 4.36. The predicted octanol–water partition coefficient (Wildman–Crippen LogP) is 5.62. The summed E-state index contributed by atoms with van der Waals surface area (Å²) in [7, 11) is 3.08. The van der Waals surface area contributed by atoms with Crippen molar-refractivity contribution in [2.75, 3.05) is 27.4 Å². The molecule has 0 aliphatic carbocycles. The summed E-state index contributed by atoms with van der Waals surface area (Å²) in [6, 6.07) is 10.7. The van der Waals surface area contributed by atoms with Gasteiger partial charge in [0.05, 0.1) is 24.8 Å². The van der Waals surface area contributed by atoms with E-state index in [4.69, 9.17) is 36.0 Å². The molecular weight excluding hydrogens is 516 g/mol. The Kier molecular flexibility index (Phi) is 8.73. The van der Waals surface area contributed by atoms with Crippen LogP contribution >= 0.6 is 23.4 Å². The molecule has 2 aromatic carbocycles. The third-order valence-corrected chi connectivity index (χ3v) is 6.71. The second-order valence-electron chi connectivity index (χ2n) is 8.00. The van der Waals surface area contributed by atoms with Crippen molar-refractivity contribution in [1.29, 1.82) is 5.41 Å². The van der Waals surface area contributed by atoms with Crippen LogP contribution in [0.5, 0.6) is 23.0 Å². The van der Waals surface area contributed by atoms with Crippen LogP contribution in [0, 0.1) is 5.41 Å². The molecule has 194 valence electrons. The molecular formula is C26H27ClN4O5S. The summed E-state index contributed by atoms with van der Waals surface area (Å²) >= 11 is 7.84. The Bertz CT molecular complexity index is 1290. The van der Waals surface area contributed by atoms with E-state index in [1.165, 1.54) is 23.9 Å². The molecule has 0 fully saturated rings. The van der Waals surface area contributed by atoms with E-state index in [2.05, 4.69) is 17.0 Å². The molecule has 2 aromatic rings. The molecule has 0 bridgehead atoms. The van der Waals surface area contributed by atoms with Gasteiger partial charge in [-0.3, -0.25) is 10.2 Å². The van der Waals surface area contributed by atoms with Crippen molar-refractivity contribution >= 4 is 51.4 Å². The van der Waals surface area contributed by atoms with Gasteiger partial charge in [-0.25, -0.2) is 0 Å². The smallest absolute Gasteiger partial charge is 0.283 e. The second kappa shape index (κ2) is 12.2. The predicted molar refractivity (Wildman–Crippen MR) is 147 cm³/mol. The summed E-state index contributed by atoms with van der Waals surface area (Å²) in [5.41, 5.74) is 0.676. The van der Waals surface area contributed by atoms with Crippen molar-refractivity contribution < 1.29 is 23.7 Å². The average molecular weight is 543 g/mol. The number of para-hydroxylation sites is 2. The molecule has 11 heteroatoms. The number of thioether (sulfide) groups is 1. The Labute approximate surface area is 224 Å². The van der Waals surface area contributed by atoms with Gasteiger partial charge in [-0.1, -0.05) is 37.1 Å². The van der Waals surface area contributed by atoms with Crippen molar-refractivity contribution in [3.8, 4) is 23.0 Å². The van der Waals surface area contributed by atoms with Gasteiger partial charge in [-0.15, -0.1) is 0 Å². The number of aliphatic imine (C=N–C) groups is 1. The first kappa shape index (κ1) is 26.6. The lowest BCUT2D eigenvalue weighted by Crippen LogP contribution is -2.35. The van der Waals surface area contributed by atoms with Gasteiger partial charge < -0.3 is 18.9 Å². The number of halogens is 1. The van der Waals surface area contributed by atoms with Gasteiger partial charge in [0.25, 0.3) is 5.91 Å². The minimum absolute atomic E-state index is 0.0297. The standard InChI is InChI=1S/C26H27ClN4O5S/c1-4-5-10-22-30-31-24(28)17(25(32)29-26(31)37-22)13-16-14-18(27)23(21(15-16)34-3)36-12-11-35-20-9-7-6-8-19(20)33-2/h6-9,13-15,28H,4-5,10-12H2,1-3H3. The van der Waals surface area contributed by atoms with E-state index >= 15 is 0 Å². The Morgan fingerprint density at radius 2 is 1.81 bits per heavy atom. The highest BCUT2D eigenvalue weighted by atomic mass is 35.5. The van der Waals surface area contributed by atoms with Crippen molar-refractivity contribution in [2.45, 2.75) is 26.2 Å². The number of fused-ring (bicyclic) bond motifs is 1. The lowest BCUT2D eigenvalue weighted by molar-refractivity contribution is -0.114. The number of hydrazone groups is 1. The molecule has 0 unspecified atom stereocenters. The van der Waals surface area contributed by atoms with Gasteiger partial charge in [0, 0.05) is 0 Å². The van der Waals surface area contributed by atoms with Gasteiger partial charge in [0.15, 0.2) is 28.8 Å². The van der Waals surface area contributed by atoms with Crippen molar-refractivity contribution in [1.82, 2.24) is 5.01 Å². The first-order valence-electron chi connectivity index (χ1n) is 11.7. The van der Waals surface area contributed by atoms with E-state index in [0.717, 1.165) is 24.3 Å². The molecule has 2 aliphatic rings. The fourth-order valence-corrected chi connectivity index (χ4v) is 4.82. The molecule has 2 aliphatic heterocycles. The molecule has 1 amide bonds. The van der Waals surface area contributed by atoms with Gasteiger partial charge in [-0.05, 0) is 60.5 Å². The number of methoxy groups -OCH3 is 2. The third kappa shape index (κ3) is 6.08. The van der Waals surface area contributed by atoms with Gasteiger partial charge in [0.2, 0.25) is 5.17 Å². The van der Waals surface area contributed by atoms with Crippen LogP contribution < -0.4 is 18.9 Å². The summed E-state index contributed by atoms with van der Waals surface area (Å²) < 4.78 is 22.3. The summed E-state index contributed by atoms with van der Waals surface area (Å²) in [5, 5.41) is 16.0. The van der Waals surface area contributed by atoms with Crippen LogP contribution in [-0.2, 0) is 4.79 Å². The molecule has 0 aromatic heterocycles. The highest BCUT2D eigenvalue weighted by Crippen LogP contribution is 2.38. The zero-order valence-corrected chi connectivity index (χ0v) is 22.3. The minimum Gasteiger partial charge on any atom is -0.493 e. The second-order valence-corrected chi connectivity index (χ2v) is 9.45. The number of hydrogen-bond acceptors (Lipinski definition) is 8. The lowest BCUT2D eigenvalue weighted by Gasteiger charge is -2.20. The van der Waals surface area contributed by atoms with Crippen LogP contribution in [0.4, 0.5) is 0 Å². The summed E-state index contributed by atoms with van der Waals surface area (Å²) in [5.74, 6) is 1.44. The molecule has 2 heterocycles. The van der Waals surface area contributed by atoms with Crippen molar-refractivity contribution in [3.05, 3.63) is 52.6 Å². The van der Waals surface area contributed by atoms with Crippen LogP contribution in [0.3, 0.4) is 0 Å². The first-order valence-corrected chi connectivity index (χ1v) is 12.9. The molecule has 0 spiro atoms. The molecule has 1 N–H and O–H groups in total. The fraction of sp³-hybridized carbons (Fsp3) is 0.308. The first-order chi connectivity index (χ1) is 17.9. The van der Waals surface area contributed by atoms with E-state index in [-0.39, 0.29) is 24.6 Å². The lowest BCUT2D eigenvalue weighted by atomic mass is 10.1. The Morgan fingerprint density at radius 3 is 2.54 bits per heavy atom. The van der Waals surface area contributed by atoms with Crippen LogP contribution in [0.15, 0.2) is 52.1 Å². The molecule has 0 saturated carbocycles. The maximum atomic E-state index is 12.7. The van der Waals surface area contributed by atoms with Crippen LogP contribution in [0.1, 0.15) is 31.7 Å². The van der Waals surface area contributed by atoms with Gasteiger partial charge in [0.1, 0.15) is 18.3 Å². The number of ether oxygens (including phenoxy) is 4. The van der Waals surface area contributed by atoms with Crippen LogP contribution in [-0.4, -0.2) is 54.4 Å². The number of benzene rings is 2. The maximum Gasteiger partial charge on any atom is 0.283 e.